The fourth-order valence-corrected chi connectivity index (χ4v) is 3.96. The molecular formula is C23H28N3O2+. The third kappa shape index (κ3) is 3.68. The van der Waals surface area contributed by atoms with Gasteiger partial charge in [-0.2, -0.15) is 0 Å². The largest absolute Gasteiger partial charge is 0.378 e. The van der Waals surface area contributed by atoms with Gasteiger partial charge in [-0.05, 0) is 19.1 Å². The van der Waals surface area contributed by atoms with Crippen LogP contribution in [-0.4, -0.2) is 50.2 Å². The van der Waals surface area contributed by atoms with Crippen LogP contribution in [0.5, 0.6) is 0 Å². The lowest BCUT2D eigenvalue weighted by atomic mass is 10.0. The number of quaternary nitrogens is 1. The zero-order chi connectivity index (χ0) is 19.5. The number of morpholine rings is 1. The summed E-state index contributed by atoms with van der Waals surface area (Å²) in [5, 5.41) is 1.00. The zero-order valence-electron chi connectivity index (χ0n) is 16.6. The van der Waals surface area contributed by atoms with E-state index in [2.05, 4.69) is 41.2 Å². The monoisotopic (exact) mass is 378 g/mol. The molecule has 0 amide bonds. The number of benzene rings is 2. The molecule has 0 spiro atoms. The minimum atomic E-state index is -0.128. The summed E-state index contributed by atoms with van der Waals surface area (Å²) in [5.41, 5.74) is 4.33. The summed E-state index contributed by atoms with van der Waals surface area (Å²) >= 11 is 0. The molecule has 146 valence electrons. The lowest BCUT2D eigenvalue weighted by molar-refractivity contribution is -0.907. The lowest BCUT2D eigenvalue weighted by Gasteiger charge is -2.31. The molecule has 5 heteroatoms. The molecule has 3 aromatic rings. The molecule has 2 aromatic carbocycles. The van der Waals surface area contributed by atoms with Crippen molar-refractivity contribution in [3.8, 4) is 0 Å². The number of carbonyl (C=O) groups excluding carboxylic acids is 1. The smallest absolute Gasteiger partial charge is 0.221 e. The highest BCUT2D eigenvalue weighted by Gasteiger charge is 2.26. The molecule has 5 nitrogen and oxygen atoms in total. The van der Waals surface area contributed by atoms with E-state index in [0.717, 1.165) is 49.3 Å². The van der Waals surface area contributed by atoms with Crippen molar-refractivity contribution >= 4 is 22.4 Å². The predicted molar refractivity (Wildman–Crippen MR) is 112 cm³/mol. The minimum absolute atomic E-state index is 0.128. The Kier molecular flexibility index (Phi) is 5.46. The molecule has 1 fully saturated rings. The zero-order valence-corrected chi connectivity index (χ0v) is 16.6. The quantitative estimate of drug-likeness (QED) is 0.647. The van der Waals surface area contributed by atoms with Crippen LogP contribution in [0.3, 0.4) is 0 Å². The molecule has 1 aliphatic rings. The first-order valence-electron chi connectivity index (χ1n) is 9.98. The van der Waals surface area contributed by atoms with Gasteiger partial charge in [0.25, 0.3) is 0 Å². The first-order valence-corrected chi connectivity index (χ1v) is 9.98. The number of carbonyl (C=O) groups is 1. The number of ether oxygens (including phenoxy) is 1. The molecule has 2 N–H and O–H groups in total. The van der Waals surface area contributed by atoms with Crippen molar-refractivity contribution in [2.45, 2.75) is 19.5 Å². The van der Waals surface area contributed by atoms with Gasteiger partial charge < -0.3 is 19.5 Å². The van der Waals surface area contributed by atoms with Gasteiger partial charge in [-0.1, -0.05) is 36.4 Å². The molecule has 2 atom stereocenters. The lowest BCUT2D eigenvalue weighted by Crippen LogP contribution is -3.12. The maximum atomic E-state index is 13.2. The average molecular weight is 378 g/mol. The Labute approximate surface area is 165 Å². The first-order chi connectivity index (χ1) is 13.6. The summed E-state index contributed by atoms with van der Waals surface area (Å²) in [6.45, 7) is 6.21. The van der Waals surface area contributed by atoms with E-state index in [9.17, 15) is 4.79 Å². The Morgan fingerprint density at radius 1 is 1.14 bits per heavy atom. The number of H-pyrrole nitrogens is 1. The van der Waals surface area contributed by atoms with Crippen LogP contribution in [0.15, 0.2) is 54.7 Å². The molecule has 1 saturated heterocycles. The summed E-state index contributed by atoms with van der Waals surface area (Å²) in [6, 6.07) is 16.4. The third-order valence-corrected chi connectivity index (χ3v) is 5.80. The molecule has 0 bridgehead atoms. The van der Waals surface area contributed by atoms with Gasteiger partial charge in [0, 0.05) is 47.0 Å². The number of rotatable bonds is 6. The molecule has 0 radical (unpaired) electrons. The van der Waals surface area contributed by atoms with E-state index < -0.39 is 0 Å². The number of anilines is 1. The predicted octanol–water partition coefficient (Wildman–Crippen LogP) is 2.29. The maximum Gasteiger partial charge on any atom is 0.221 e. The second kappa shape index (κ2) is 8.17. The van der Waals surface area contributed by atoms with Crippen LogP contribution in [-0.2, 0) is 11.3 Å². The Hall–Kier alpha value is -2.63. The maximum absolute atomic E-state index is 13.2. The summed E-state index contributed by atoms with van der Waals surface area (Å²) in [4.78, 5) is 20.0. The van der Waals surface area contributed by atoms with Crippen LogP contribution in [0.2, 0.25) is 0 Å². The van der Waals surface area contributed by atoms with E-state index >= 15 is 0 Å². The number of Topliss-reactive ketones (excluding diaryl/α,β-unsaturated/α-hetero) is 1. The van der Waals surface area contributed by atoms with E-state index in [0.29, 0.717) is 0 Å². The molecule has 2 heterocycles. The topological polar surface area (TPSA) is 49.8 Å². The minimum Gasteiger partial charge on any atom is -0.378 e. The number of hydrogen-bond donors (Lipinski definition) is 2. The Balaban J connectivity index is 1.52. The highest BCUT2D eigenvalue weighted by atomic mass is 16.5. The van der Waals surface area contributed by atoms with Crippen LogP contribution in [0, 0.1) is 0 Å². The van der Waals surface area contributed by atoms with Crippen LogP contribution in [0.25, 0.3) is 10.9 Å². The van der Waals surface area contributed by atoms with Crippen LogP contribution < -0.4 is 9.80 Å². The number of hydrogen-bond acceptors (Lipinski definition) is 3. The number of fused-ring (bicyclic) bond motifs is 1. The van der Waals surface area contributed by atoms with Crippen molar-refractivity contribution in [2.75, 3.05) is 38.3 Å². The second-order valence-electron chi connectivity index (χ2n) is 7.59. The Morgan fingerprint density at radius 2 is 1.86 bits per heavy atom. The third-order valence-electron chi connectivity index (χ3n) is 5.80. The van der Waals surface area contributed by atoms with Crippen molar-refractivity contribution in [2.24, 2.45) is 0 Å². The van der Waals surface area contributed by atoms with Crippen molar-refractivity contribution < 1.29 is 14.4 Å². The van der Waals surface area contributed by atoms with Crippen molar-refractivity contribution in [3.05, 3.63) is 65.9 Å². The molecule has 0 saturated carbocycles. The van der Waals surface area contributed by atoms with E-state index in [1.165, 1.54) is 16.2 Å². The highest BCUT2D eigenvalue weighted by Crippen LogP contribution is 2.21. The van der Waals surface area contributed by atoms with Crippen molar-refractivity contribution in [1.29, 1.82) is 0 Å². The normalized spacial score (nSPS) is 16.9. The van der Waals surface area contributed by atoms with E-state index in [4.69, 9.17) is 4.74 Å². The number of aromatic nitrogens is 1. The van der Waals surface area contributed by atoms with Crippen LogP contribution >= 0.6 is 0 Å². The van der Waals surface area contributed by atoms with Gasteiger partial charge in [0.05, 0.1) is 20.3 Å². The molecule has 4 rings (SSSR count). The molecular weight excluding hydrogens is 350 g/mol. The van der Waals surface area contributed by atoms with E-state index in [1.54, 1.807) is 0 Å². The van der Waals surface area contributed by atoms with Gasteiger partial charge in [0.15, 0.2) is 0 Å². The number of nitrogens with one attached hydrogen (secondary N) is 2. The van der Waals surface area contributed by atoms with E-state index in [1.807, 2.05) is 37.4 Å². The molecule has 28 heavy (non-hydrogen) atoms. The van der Waals surface area contributed by atoms with Gasteiger partial charge in [0.2, 0.25) is 5.78 Å². The average Bonchev–Trinajstić information content (AvgIpc) is 3.18. The Morgan fingerprint density at radius 3 is 2.68 bits per heavy atom. The van der Waals surface area contributed by atoms with Crippen molar-refractivity contribution in [3.63, 3.8) is 0 Å². The Bertz CT molecular complexity index is 959. The van der Waals surface area contributed by atoms with Gasteiger partial charge in [-0.25, -0.2) is 0 Å². The molecule has 1 aliphatic heterocycles. The molecule has 1 aromatic heterocycles. The summed E-state index contributed by atoms with van der Waals surface area (Å²) in [6.07, 6.45) is 1.85. The molecule has 1 unspecified atom stereocenters. The highest BCUT2D eigenvalue weighted by molar-refractivity contribution is 6.09. The second-order valence-corrected chi connectivity index (χ2v) is 7.59. The number of ketones is 1. The number of likely N-dealkylation sites (N-methyl/N-ethyl adjacent to an activating group) is 1. The van der Waals surface area contributed by atoms with Gasteiger partial charge in [-0.15, -0.1) is 0 Å². The van der Waals surface area contributed by atoms with Crippen molar-refractivity contribution in [1.82, 2.24) is 4.98 Å². The van der Waals surface area contributed by atoms with Crippen LogP contribution in [0.1, 0.15) is 22.8 Å². The summed E-state index contributed by atoms with van der Waals surface area (Å²) in [7, 11) is 2.10. The molecule has 0 aliphatic carbocycles. The number of nitrogens with zero attached hydrogens (tertiary/aromatic N) is 1. The standard InChI is InChI=1S/C23H27N3O2/c1-17(23(27)20-15-24-21-9-5-4-8-19(20)21)25(2)16-18-7-3-6-10-22(18)26-11-13-28-14-12-26/h3-10,15,17,24H,11-14,16H2,1-2H3/p+1/t17-/m1/s1. The van der Waals surface area contributed by atoms with Crippen LogP contribution in [0.4, 0.5) is 5.69 Å². The van der Waals surface area contributed by atoms with Gasteiger partial charge in [0.1, 0.15) is 12.6 Å². The van der Waals surface area contributed by atoms with Gasteiger partial charge in [-0.3, -0.25) is 4.79 Å². The number of aromatic amines is 1. The summed E-state index contributed by atoms with van der Waals surface area (Å²) in [5.74, 6) is 0.179. The SMILES string of the molecule is C[C@H](C(=O)c1c[nH]c2ccccc12)[NH+](C)Cc1ccccc1N1CCOCC1. The van der Waals surface area contributed by atoms with E-state index in [-0.39, 0.29) is 11.8 Å². The number of para-hydroxylation sites is 2. The fraction of sp³-hybridized carbons (Fsp3) is 0.348. The first kappa shape index (κ1) is 18.7. The fourth-order valence-electron chi connectivity index (χ4n) is 3.96. The summed E-state index contributed by atoms with van der Waals surface area (Å²) < 4.78 is 5.49. The van der Waals surface area contributed by atoms with Gasteiger partial charge >= 0.3 is 0 Å².